The van der Waals surface area contributed by atoms with Crippen LogP contribution >= 0.6 is 11.6 Å². The number of anilines is 3. The number of carbonyl (C=O) groups excluding carboxylic acids is 3. The summed E-state index contributed by atoms with van der Waals surface area (Å²) < 4.78 is 0. The Morgan fingerprint density at radius 3 is 2.48 bits per heavy atom. The molecule has 8 heteroatoms. The molecule has 1 aromatic heterocycles. The van der Waals surface area contributed by atoms with E-state index < -0.39 is 5.91 Å². The van der Waals surface area contributed by atoms with Gasteiger partial charge in [-0.3, -0.25) is 19.4 Å². The fourth-order valence-corrected chi connectivity index (χ4v) is 2.83. The number of hydrogen-bond donors (Lipinski definition) is 2. The fraction of sp³-hybridized carbons (Fsp3) is 0.0476. The molecule has 146 valence electrons. The van der Waals surface area contributed by atoms with Gasteiger partial charge in [-0.15, -0.1) is 0 Å². The molecule has 0 aliphatic carbocycles. The van der Waals surface area contributed by atoms with Crippen LogP contribution in [-0.4, -0.2) is 23.1 Å². The van der Waals surface area contributed by atoms with Crippen molar-refractivity contribution >= 4 is 46.8 Å². The highest BCUT2D eigenvalue weighted by atomic mass is 35.5. The van der Waals surface area contributed by atoms with E-state index in [0.29, 0.717) is 27.6 Å². The van der Waals surface area contributed by atoms with Gasteiger partial charge in [0.1, 0.15) is 0 Å². The first-order chi connectivity index (χ1) is 14.0. The topological polar surface area (TPSA) is 105 Å². The summed E-state index contributed by atoms with van der Waals surface area (Å²) in [7, 11) is 0. The van der Waals surface area contributed by atoms with Crippen molar-refractivity contribution < 1.29 is 14.4 Å². The predicted octanol–water partition coefficient (Wildman–Crippen LogP) is 3.30. The molecule has 0 aliphatic rings. The first kappa shape index (κ1) is 20.0. The molecule has 0 bridgehead atoms. The molecule has 2 amide bonds. The van der Waals surface area contributed by atoms with E-state index in [9.17, 15) is 14.4 Å². The van der Waals surface area contributed by atoms with Crippen LogP contribution in [0.1, 0.15) is 15.9 Å². The molecule has 7 nitrogen and oxygen atoms in total. The second kappa shape index (κ2) is 8.99. The molecule has 0 radical (unpaired) electrons. The Balaban J connectivity index is 1.76. The molecule has 0 aliphatic heterocycles. The van der Waals surface area contributed by atoms with Crippen molar-refractivity contribution in [2.45, 2.75) is 6.54 Å². The highest BCUT2D eigenvalue weighted by Gasteiger charge is 2.17. The van der Waals surface area contributed by atoms with Crippen LogP contribution in [0.5, 0.6) is 0 Å². The maximum atomic E-state index is 12.4. The minimum Gasteiger partial charge on any atom is -0.397 e. The van der Waals surface area contributed by atoms with Crippen LogP contribution in [-0.2, 0) is 16.1 Å². The highest BCUT2D eigenvalue weighted by Crippen LogP contribution is 2.21. The van der Waals surface area contributed by atoms with Gasteiger partial charge in [0.05, 0.1) is 34.8 Å². The zero-order valence-corrected chi connectivity index (χ0v) is 16.0. The number of pyridine rings is 1. The van der Waals surface area contributed by atoms with Crippen molar-refractivity contribution in [3.8, 4) is 0 Å². The molecule has 3 aromatic rings. The lowest BCUT2D eigenvalue weighted by atomic mass is 10.1. The third kappa shape index (κ3) is 4.97. The number of nitrogen functional groups attached to an aromatic ring is 1. The summed E-state index contributed by atoms with van der Waals surface area (Å²) in [6, 6.07) is 15.2. The summed E-state index contributed by atoms with van der Waals surface area (Å²) in [5.41, 5.74) is 8.38. The maximum absolute atomic E-state index is 12.4. The van der Waals surface area contributed by atoms with Gasteiger partial charge in [0, 0.05) is 11.8 Å². The molecule has 0 saturated heterocycles. The van der Waals surface area contributed by atoms with Crippen LogP contribution in [0.2, 0.25) is 5.02 Å². The molecule has 0 atom stereocenters. The Morgan fingerprint density at radius 1 is 1.10 bits per heavy atom. The zero-order chi connectivity index (χ0) is 20.8. The highest BCUT2D eigenvalue weighted by molar-refractivity contribution is 6.32. The number of nitrogens with one attached hydrogen (secondary N) is 1. The monoisotopic (exact) mass is 408 g/mol. The van der Waals surface area contributed by atoms with Crippen molar-refractivity contribution in [3.63, 3.8) is 0 Å². The normalized spacial score (nSPS) is 10.2. The van der Waals surface area contributed by atoms with Gasteiger partial charge in [-0.25, -0.2) is 0 Å². The summed E-state index contributed by atoms with van der Waals surface area (Å²) in [6.07, 6.45) is 3.11. The van der Waals surface area contributed by atoms with Gasteiger partial charge in [0.25, 0.3) is 11.8 Å². The van der Waals surface area contributed by atoms with E-state index in [0.717, 1.165) is 5.56 Å². The lowest BCUT2D eigenvalue weighted by Gasteiger charge is -2.20. The number of hydrogen-bond acceptors (Lipinski definition) is 5. The van der Waals surface area contributed by atoms with E-state index in [4.69, 9.17) is 17.3 Å². The molecular weight excluding hydrogens is 392 g/mol. The van der Waals surface area contributed by atoms with Crippen molar-refractivity contribution in [1.82, 2.24) is 4.98 Å². The standard InChI is InChI=1S/C21H17ClN4O3/c22-16-9-17(11-24-10-16)26(20(28)13-27)12-14-5-7-15(8-6-14)21(29)25-19-4-2-1-3-18(19)23/h1-11,13H,12,23H2,(H,25,29). The SMILES string of the molecule is Nc1ccccc1NC(=O)c1ccc(CN(C(=O)C=O)c2cncc(Cl)c2)cc1. The number of benzene rings is 2. The Hall–Kier alpha value is -3.71. The van der Waals surface area contributed by atoms with Gasteiger partial charge in [-0.2, -0.15) is 0 Å². The fourth-order valence-electron chi connectivity index (χ4n) is 2.66. The molecule has 2 aromatic carbocycles. The number of amides is 2. The minimum atomic E-state index is -0.726. The molecule has 3 N–H and O–H groups in total. The molecule has 0 saturated carbocycles. The largest absolute Gasteiger partial charge is 0.397 e. The van der Waals surface area contributed by atoms with Gasteiger partial charge in [0.15, 0.2) is 0 Å². The number of para-hydroxylation sites is 2. The van der Waals surface area contributed by atoms with E-state index in [-0.39, 0.29) is 18.7 Å². The number of aromatic nitrogens is 1. The van der Waals surface area contributed by atoms with Crippen LogP contribution in [0, 0.1) is 0 Å². The van der Waals surface area contributed by atoms with E-state index in [1.807, 2.05) is 0 Å². The molecule has 3 rings (SSSR count). The molecule has 29 heavy (non-hydrogen) atoms. The van der Waals surface area contributed by atoms with Crippen molar-refractivity contribution in [1.29, 1.82) is 0 Å². The number of halogens is 1. The van der Waals surface area contributed by atoms with Crippen LogP contribution in [0.25, 0.3) is 0 Å². The average Bonchev–Trinajstić information content (AvgIpc) is 2.73. The maximum Gasteiger partial charge on any atom is 0.291 e. The predicted molar refractivity (Wildman–Crippen MR) is 112 cm³/mol. The van der Waals surface area contributed by atoms with Gasteiger partial charge < -0.3 is 16.0 Å². The van der Waals surface area contributed by atoms with Crippen LogP contribution in [0.4, 0.5) is 17.1 Å². The molecular formula is C21H17ClN4O3. The first-order valence-electron chi connectivity index (χ1n) is 8.60. The number of nitrogens with zero attached hydrogens (tertiary/aromatic N) is 2. The lowest BCUT2D eigenvalue weighted by Crippen LogP contribution is -2.31. The summed E-state index contributed by atoms with van der Waals surface area (Å²) in [5.74, 6) is -1.04. The summed E-state index contributed by atoms with van der Waals surface area (Å²) in [4.78, 5) is 40.7. The Morgan fingerprint density at radius 2 is 1.83 bits per heavy atom. The van der Waals surface area contributed by atoms with Gasteiger partial charge in [-0.05, 0) is 35.9 Å². The summed E-state index contributed by atoms with van der Waals surface area (Å²) in [6.45, 7) is 0.118. The first-order valence-corrected chi connectivity index (χ1v) is 8.98. The van der Waals surface area contributed by atoms with Crippen LogP contribution in [0.3, 0.4) is 0 Å². The third-order valence-electron chi connectivity index (χ3n) is 4.13. The Bertz CT molecular complexity index is 1050. The summed E-state index contributed by atoms with van der Waals surface area (Å²) in [5, 5.41) is 3.09. The van der Waals surface area contributed by atoms with Gasteiger partial charge >= 0.3 is 0 Å². The van der Waals surface area contributed by atoms with Crippen LogP contribution in [0.15, 0.2) is 67.0 Å². The second-order valence-corrected chi connectivity index (χ2v) is 6.58. The van der Waals surface area contributed by atoms with Crippen molar-refractivity contribution in [2.24, 2.45) is 0 Å². The smallest absolute Gasteiger partial charge is 0.291 e. The minimum absolute atomic E-state index is 0.118. The quantitative estimate of drug-likeness (QED) is 0.370. The van der Waals surface area contributed by atoms with E-state index >= 15 is 0 Å². The average molecular weight is 409 g/mol. The second-order valence-electron chi connectivity index (χ2n) is 6.14. The molecule has 1 heterocycles. The number of aldehydes is 1. The van der Waals surface area contributed by atoms with E-state index in [2.05, 4.69) is 10.3 Å². The number of nitrogens with two attached hydrogens (primary N) is 1. The molecule has 0 unspecified atom stereocenters. The summed E-state index contributed by atoms with van der Waals surface area (Å²) >= 11 is 5.93. The van der Waals surface area contributed by atoms with Crippen molar-refractivity contribution in [2.75, 3.05) is 16.0 Å². The Labute approximate surface area is 172 Å². The van der Waals surface area contributed by atoms with Gasteiger partial charge in [-0.1, -0.05) is 35.9 Å². The molecule has 0 spiro atoms. The Kier molecular flexibility index (Phi) is 6.21. The molecule has 0 fully saturated rings. The lowest BCUT2D eigenvalue weighted by molar-refractivity contribution is -0.129. The van der Waals surface area contributed by atoms with E-state index in [1.165, 1.54) is 17.3 Å². The van der Waals surface area contributed by atoms with Crippen LogP contribution < -0.4 is 16.0 Å². The number of rotatable bonds is 6. The number of carbonyl (C=O) groups is 3. The van der Waals surface area contributed by atoms with E-state index in [1.54, 1.807) is 54.6 Å². The van der Waals surface area contributed by atoms with Crippen molar-refractivity contribution in [3.05, 3.63) is 83.1 Å². The zero-order valence-electron chi connectivity index (χ0n) is 15.2. The van der Waals surface area contributed by atoms with Gasteiger partial charge in [0.2, 0.25) is 6.29 Å². The third-order valence-corrected chi connectivity index (χ3v) is 4.34.